The van der Waals surface area contributed by atoms with Gasteiger partial charge in [-0.05, 0) is 79.9 Å². The molecule has 1 aliphatic rings. The Morgan fingerprint density at radius 1 is 0.382 bits per heavy atom. The largest absolute Gasteiger partial charge is 0.456 e. The molecule has 55 heavy (non-hydrogen) atoms. The Balaban J connectivity index is 1.17. The molecule has 4 heteroatoms. The molecule has 8 aromatic carbocycles. The zero-order chi connectivity index (χ0) is 36.3. The van der Waals surface area contributed by atoms with E-state index in [9.17, 15) is 0 Å². The molecule has 0 atom stereocenters. The van der Waals surface area contributed by atoms with Gasteiger partial charge >= 0.3 is 0 Å². The summed E-state index contributed by atoms with van der Waals surface area (Å²) in [6.45, 7) is 0. The van der Waals surface area contributed by atoms with E-state index in [2.05, 4.69) is 140 Å². The number of fused-ring (bicyclic) bond motifs is 9. The summed E-state index contributed by atoms with van der Waals surface area (Å²) in [4.78, 5) is 15.7. The van der Waals surface area contributed by atoms with Crippen molar-refractivity contribution in [1.29, 1.82) is 0 Å². The number of aryl methyl sites for hydroxylation is 1. The highest BCUT2D eigenvalue weighted by atomic mass is 16.3. The summed E-state index contributed by atoms with van der Waals surface area (Å²) in [6.07, 6.45) is 4.23. The Hall–Kier alpha value is -7.17. The van der Waals surface area contributed by atoms with E-state index in [1.165, 1.54) is 43.8 Å². The first kappa shape index (κ1) is 31.4. The normalized spacial score (nSPS) is 12.7. The van der Waals surface area contributed by atoms with Gasteiger partial charge in [-0.3, -0.25) is 0 Å². The molecule has 1 aliphatic carbocycles. The summed E-state index contributed by atoms with van der Waals surface area (Å²) in [5, 5.41) is 7.24. The van der Waals surface area contributed by atoms with E-state index in [-0.39, 0.29) is 0 Å². The number of allylic oxidation sites excluding steroid dienone is 1. The monoisotopic (exact) mass is 703 g/mol. The van der Waals surface area contributed by atoms with Crippen LogP contribution >= 0.6 is 0 Å². The van der Waals surface area contributed by atoms with E-state index >= 15 is 0 Å². The van der Waals surface area contributed by atoms with Gasteiger partial charge in [-0.25, -0.2) is 15.0 Å². The first-order valence-corrected chi connectivity index (χ1v) is 18.8. The van der Waals surface area contributed by atoms with Crippen LogP contribution in [0.1, 0.15) is 23.1 Å². The Labute approximate surface area is 318 Å². The molecule has 4 nitrogen and oxygen atoms in total. The van der Waals surface area contributed by atoms with E-state index in [1.807, 2.05) is 36.4 Å². The molecule has 258 valence electrons. The van der Waals surface area contributed by atoms with Crippen molar-refractivity contribution in [2.75, 3.05) is 0 Å². The second-order valence-corrected chi connectivity index (χ2v) is 14.2. The summed E-state index contributed by atoms with van der Waals surface area (Å²) in [7, 11) is 0. The van der Waals surface area contributed by atoms with Gasteiger partial charge in [0.15, 0.2) is 17.5 Å². The van der Waals surface area contributed by atoms with Gasteiger partial charge in [0, 0.05) is 27.5 Å². The van der Waals surface area contributed by atoms with Gasteiger partial charge in [0.1, 0.15) is 11.2 Å². The van der Waals surface area contributed by atoms with Gasteiger partial charge in [-0.2, -0.15) is 0 Å². The van der Waals surface area contributed by atoms with Crippen molar-refractivity contribution in [2.45, 2.75) is 12.8 Å². The van der Waals surface area contributed by atoms with Crippen molar-refractivity contribution in [3.63, 3.8) is 0 Å². The average molecular weight is 704 g/mol. The van der Waals surface area contributed by atoms with Crippen molar-refractivity contribution < 1.29 is 4.42 Å². The lowest BCUT2D eigenvalue weighted by molar-refractivity contribution is 0.669. The zero-order valence-electron chi connectivity index (χ0n) is 29.9. The van der Waals surface area contributed by atoms with Crippen LogP contribution in [-0.4, -0.2) is 15.0 Å². The molecular formula is C51H33N3O. The molecule has 11 rings (SSSR count). The number of rotatable bonds is 5. The van der Waals surface area contributed by atoms with Crippen molar-refractivity contribution in [3.8, 4) is 45.3 Å². The minimum absolute atomic E-state index is 0.623. The van der Waals surface area contributed by atoms with E-state index in [4.69, 9.17) is 19.4 Å². The highest BCUT2D eigenvalue weighted by Crippen LogP contribution is 2.45. The lowest BCUT2D eigenvalue weighted by atomic mass is 9.81. The topological polar surface area (TPSA) is 51.8 Å². The molecule has 2 heterocycles. The van der Waals surface area contributed by atoms with Crippen LogP contribution in [0.2, 0.25) is 0 Å². The molecule has 0 radical (unpaired) electrons. The maximum absolute atomic E-state index is 6.51. The van der Waals surface area contributed by atoms with Crippen LogP contribution in [0.25, 0.3) is 100 Å². The molecule has 0 amide bonds. The number of hydrogen-bond donors (Lipinski definition) is 0. The van der Waals surface area contributed by atoms with E-state index in [1.54, 1.807) is 0 Å². The summed E-state index contributed by atoms with van der Waals surface area (Å²) in [6, 6.07) is 59.4. The van der Waals surface area contributed by atoms with Gasteiger partial charge in [-0.15, -0.1) is 0 Å². The lowest BCUT2D eigenvalue weighted by Crippen LogP contribution is -2.05. The third kappa shape index (κ3) is 5.25. The maximum Gasteiger partial charge on any atom is 0.165 e. The third-order valence-electron chi connectivity index (χ3n) is 11.1. The predicted molar refractivity (Wildman–Crippen MR) is 226 cm³/mol. The molecule has 0 saturated heterocycles. The highest BCUT2D eigenvalue weighted by Gasteiger charge is 2.25. The second kappa shape index (κ2) is 12.8. The number of para-hydroxylation sites is 1. The van der Waals surface area contributed by atoms with Gasteiger partial charge in [0.25, 0.3) is 0 Å². The fourth-order valence-corrected chi connectivity index (χ4v) is 8.49. The molecule has 0 aliphatic heterocycles. The molecule has 0 saturated carbocycles. The molecule has 0 spiro atoms. The van der Waals surface area contributed by atoms with Crippen molar-refractivity contribution in [1.82, 2.24) is 15.0 Å². The summed E-state index contributed by atoms with van der Waals surface area (Å²) < 4.78 is 6.51. The van der Waals surface area contributed by atoms with Crippen LogP contribution in [-0.2, 0) is 6.42 Å². The van der Waals surface area contributed by atoms with Crippen molar-refractivity contribution in [2.24, 2.45) is 0 Å². The maximum atomic E-state index is 6.51. The Morgan fingerprint density at radius 2 is 0.909 bits per heavy atom. The first-order valence-electron chi connectivity index (χ1n) is 18.8. The van der Waals surface area contributed by atoms with Crippen LogP contribution in [0.5, 0.6) is 0 Å². The van der Waals surface area contributed by atoms with Crippen LogP contribution in [0.3, 0.4) is 0 Å². The lowest BCUT2D eigenvalue weighted by Gasteiger charge is -2.23. The van der Waals surface area contributed by atoms with Crippen LogP contribution < -0.4 is 0 Å². The number of nitrogens with zero attached hydrogens (tertiary/aromatic N) is 3. The fourth-order valence-electron chi connectivity index (χ4n) is 8.49. The Kier molecular flexibility index (Phi) is 7.27. The zero-order valence-corrected chi connectivity index (χ0v) is 29.9. The third-order valence-corrected chi connectivity index (χ3v) is 11.1. The summed E-state index contributed by atoms with van der Waals surface area (Å²) in [5.74, 6) is 1.88. The van der Waals surface area contributed by atoms with Crippen molar-refractivity contribution >= 4 is 55.1 Å². The standard InChI is InChI=1S/C51H33N3O/c1-3-13-32(14-4-1)33-23-25-35(26-24-33)50-52-49(34-15-5-2-6-16-34)53-51(54-50)48-37(29-30-46-47(48)43-21-11-12-22-45(43)55-46)36-27-28-42-40-19-8-7-17-38(40)39-18-9-10-20-41(39)44(42)31-36/h1-26,29-31H,27-28H2. The SMILES string of the molecule is C1=C(c2ccc3oc4ccccc4c3c2-c2nc(-c3ccccc3)nc(-c3ccc(-c4ccccc4)cc3)n2)CCc2c1c1ccccc1c1ccccc21. The van der Waals surface area contributed by atoms with E-state index in [0.29, 0.717) is 17.5 Å². The van der Waals surface area contributed by atoms with Gasteiger partial charge in [0.2, 0.25) is 0 Å². The molecular weight excluding hydrogens is 671 g/mol. The number of furan rings is 1. The smallest absolute Gasteiger partial charge is 0.165 e. The summed E-state index contributed by atoms with van der Waals surface area (Å²) in [5.41, 5.74) is 11.8. The van der Waals surface area contributed by atoms with Crippen LogP contribution in [0.4, 0.5) is 0 Å². The molecule has 2 aromatic heterocycles. The second-order valence-electron chi connectivity index (χ2n) is 14.2. The van der Waals surface area contributed by atoms with Crippen LogP contribution in [0.15, 0.2) is 174 Å². The quantitative estimate of drug-likeness (QED) is 0.167. The minimum Gasteiger partial charge on any atom is -0.456 e. The Bertz CT molecular complexity index is 3130. The first-order chi connectivity index (χ1) is 27.3. The summed E-state index contributed by atoms with van der Waals surface area (Å²) >= 11 is 0. The molecule has 0 unspecified atom stereocenters. The van der Waals surface area contributed by atoms with Crippen molar-refractivity contribution in [3.05, 3.63) is 187 Å². The Morgan fingerprint density at radius 3 is 1.64 bits per heavy atom. The minimum atomic E-state index is 0.623. The number of hydrogen-bond acceptors (Lipinski definition) is 4. The molecule has 0 bridgehead atoms. The number of aromatic nitrogens is 3. The average Bonchev–Trinajstić information content (AvgIpc) is 3.65. The van der Waals surface area contributed by atoms with Crippen LogP contribution in [0, 0.1) is 0 Å². The molecule has 10 aromatic rings. The van der Waals surface area contributed by atoms with Gasteiger partial charge in [-0.1, -0.05) is 164 Å². The highest BCUT2D eigenvalue weighted by molar-refractivity contribution is 6.17. The fraction of sp³-hybridized carbons (Fsp3) is 0.0392. The van der Waals surface area contributed by atoms with E-state index in [0.717, 1.165) is 62.6 Å². The van der Waals surface area contributed by atoms with Gasteiger partial charge < -0.3 is 4.42 Å². The molecule has 0 fully saturated rings. The van der Waals surface area contributed by atoms with E-state index < -0.39 is 0 Å². The predicted octanol–water partition coefficient (Wildman–Crippen LogP) is 13.2. The van der Waals surface area contributed by atoms with Gasteiger partial charge in [0.05, 0.1) is 0 Å². The molecule has 0 N–H and O–H groups in total. The number of benzene rings is 8.